The summed E-state index contributed by atoms with van der Waals surface area (Å²) in [5, 5.41) is 21.5. The quantitative estimate of drug-likeness (QED) is 0.126. The third kappa shape index (κ3) is 6.48. The fraction of sp³-hybridized carbons (Fsp3) is 0.615. The van der Waals surface area contributed by atoms with E-state index in [0.29, 0.717) is 16.3 Å². The molecule has 20 heteroatoms. The van der Waals surface area contributed by atoms with E-state index in [-0.39, 0.29) is 101 Å². The fourth-order valence-corrected chi connectivity index (χ4v) is 6.03. The second kappa shape index (κ2) is 11.7. The number of nitrogen functional groups attached to an aromatic ring is 1. The number of nitrogens with zero attached hydrogens (tertiary/aromatic N) is 4. The van der Waals surface area contributed by atoms with Crippen molar-refractivity contribution < 1.29 is 132 Å². The summed E-state index contributed by atoms with van der Waals surface area (Å²) in [4.78, 5) is 45.2. The predicted molar refractivity (Wildman–Crippen MR) is 95.4 cm³/mol. The molecule has 6 atom stereocenters. The van der Waals surface area contributed by atoms with E-state index in [9.17, 15) is 34.0 Å². The zero-order chi connectivity index (χ0) is 22.1. The van der Waals surface area contributed by atoms with Crippen molar-refractivity contribution in [1.82, 2.24) is 19.5 Å². The molecule has 4 N–H and O–H groups in total. The van der Waals surface area contributed by atoms with Crippen LogP contribution in [0.4, 0.5) is 5.82 Å². The van der Waals surface area contributed by atoms with E-state index in [4.69, 9.17) is 5.73 Å². The van der Waals surface area contributed by atoms with Crippen LogP contribution in [-0.4, -0.2) is 54.8 Å². The molecule has 0 saturated heterocycles. The monoisotopic (exact) mass is 549 g/mol. The Hall–Kier alpha value is 1.88. The minimum Gasteiger partial charge on any atom is -0.790 e. The van der Waals surface area contributed by atoms with Gasteiger partial charge in [0.1, 0.15) is 11.6 Å². The largest absolute Gasteiger partial charge is 1.00 e. The number of aliphatic hydroxyl groups is 2. The molecule has 2 aliphatic carbocycles. The van der Waals surface area contributed by atoms with Crippen LogP contribution in [0, 0.1) is 11.3 Å². The smallest absolute Gasteiger partial charge is 0.790 e. The number of aliphatic hydroxyl groups excluding tert-OH is 2. The first kappa shape index (κ1) is 32.9. The summed E-state index contributed by atoms with van der Waals surface area (Å²) in [5.74, 6) is -0.300. The Kier molecular flexibility index (Phi) is 11.7. The van der Waals surface area contributed by atoms with Crippen molar-refractivity contribution in [3.05, 3.63) is 6.33 Å². The van der Waals surface area contributed by atoms with Crippen molar-refractivity contribution in [3.63, 3.8) is 0 Å². The van der Waals surface area contributed by atoms with Crippen molar-refractivity contribution in [3.8, 4) is 0 Å². The number of fused-ring (bicyclic) bond motifs is 2. The molecule has 2 aromatic heterocycles. The summed E-state index contributed by atoms with van der Waals surface area (Å²) in [6, 6.07) is -0.727. The molecule has 0 aliphatic heterocycles. The maximum Gasteiger partial charge on any atom is 1.00 e. The minimum absolute atomic E-state index is 0. The number of phosphoric ester groups is 1. The molecule has 33 heavy (non-hydrogen) atoms. The standard InChI is InChI=1S/C13H19N5O9P2S.3Na/c1-30-12-16-10(14)6-11(17-12)18(4-15-6)7-5-2-13(5,9(20)8(7)19)3-26-29(24,25)27-28(21,22)23;;;/h4-5,7-9,19-20H,2-3H2,1H3,(H,24,25)(H2,14,16,17)(H2,21,22,23);;;/q;3*+1/p-3. The summed E-state index contributed by atoms with van der Waals surface area (Å²) < 4.78 is 31.6. The third-order valence-corrected chi connectivity index (χ3v) is 8.07. The normalized spacial score (nSPS) is 29.9. The van der Waals surface area contributed by atoms with Gasteiger partial charge >= 0.3 is 88.7 Å². The first-order valence-corrected chi connectivity index (χ1v) is 12.6. The number of rotatable bonds is 7. The summed E-state index contributed by atoms with van der Waals surface area (Å²) in [6.07, 6.45) is 0.691. The Morgan fingerprint density at radius 1 is 1.27 bits per heavy atom. The van der Waals surface area contributed by atoms with E-state index in [2.05, 4.69) is 23.8 Å². The molecule has 2 aromatic rings. The van der Waals surface area contributed by atoms with Crippen LogP contribution in [0.1, 0.15) is 12.5 Å². The van der Waals surface area contributed by atoms with Gasteiger partial charge in [-0.3, -0.25) is 8.88 Å². The van der Waals surface area contributed by atoms with Gasteiger partial charge < -0.3 is 44.3 Å². The van der Waals surface area contributed by atoms with Gasteiger partial charge in [0.05, 0.1) is 32.9 Å². The first-order valence-electron chi connectivity index (χ1n) is 8.48. The molecule has 2 aliphatic rings. The molecule has 2 saturated carbocycles. The molecule has 4 rings (SSSR count). The third-order valence-electron chi connectivity index (χ3n) is 5.48. The fourth-order valence-electron chi connectivity index (χ4n) is 4.10. The van der Waals surface area contributed by atoms with Crippen molar-refractivity contribution in [1.29, 1.82) is 0 Å². The number of aromatic nitrogens is 4. The minimum atomic E-state index is -5.83. The number of phosphoric acid groups is 2. The van der Waals surface area contributed by atoms with E-state index < -0.39 is 51.8 Å². The molecule has 6 unspecified atom stereocenters. The maximum atomic E-state index is 11.6. The van der Waals surface area contributed by atoms with E-state index in [1.165, 1.54) is 22.7 Å². The summed E-state index contributed by atoms with van der Waals surface area (Å²) in [5.41, 5.74) is 5.36. The Bertz CT molecular complexity index is 1110. The van der Waals surface area contributed by atoms with Crippen LogP contribution >= 0.6 is 27.4 Å². The van der Waals surface area contributed by atoms with Gasteiger partial charge in [-0.1, -0.05) is 11.8 Å². The predicted octanol–water partition coefficient (Wildman–Crippen LogP) is -11.2. The van der Waals surface area contributed by atoms with Gasteiger partial charge in [0.25, 0.3) is 7.82 Å². The van der Waals surface area contributed by atoms with E-state index in [1.807, 2.05) is 0 Å². The number of hydrogen-bond acceptors (Lipinski definition) is 14. The number of hydrogen-bond donors (Lipinski definition) is 3. The zero-order valence-electron chi connectivity index (χ0n) is 18.2. The summed E-state index contributed by atoms with van der Waals surface area (Å²) in [7, 11) is -11.3. The first-order chi connectivity index (χ1) is 13.9. The average molecular weight is 549 g/mol. The van der Waals surface area contributed by atoms with Gasteiger partial charge in [0.2, 0.25) is 0 Å². The van der Waals surface area contributed by atoms with Crippen molar-refractivity contribution in [2.24, 2.45) is 11.3 Å². The molecule has 0 bridgehead atoms. The van der Waals surface area contributed by atoms with Gasteiger partial charge in [-0.25, -0.2) is 15.0 Å². The Morgan fingerprint density at radius 3 is 2.48 bits per heavy atom. The summed E-state index contributed by atoms with van der Waals surface area (Å²) >= 11 is 1.25. The Labute approximate surface area is 258 Å². The average Bonchev–Trinajstić information content (AvgIpc) is 3.13. The number of thioether (sulfide) groups is 1. The topological polar surface area (TPSA) is 232 Å². The van der Waals surface area contributed by atoms with Crippen molar-refractivity contribution in [2.75, 3.05) is 18.6 Å². The molecule has 0 amide bonds. The van der Waals surface area contributed by atoms with E-state index in [1.54, 1.807) is 6.26 Å². The van der Waals surface area contributed by atoms with Crippen molar-refractivity contribution >= 4 is 44.4 Å². The molecule has 0 aromatic carbocycles. The van der Waals surface area contributed by atoms with Gasteiger partial charge in [0, 0.05) is 5.41 Å². The van der Waals surface area contributed by atoms with Crippen molar-refractivity contribution in [2.45, 2.75) is 29.8 Å². The molecule has 2 heterocycles. The molecule has 166 valence electrons. The Balaban J connectivity index is 0.00000181. The number of imidazole rings is 1. The van der Waals surface area contributed by atoms with Crippen LogP contribution in [0.25, 0.3) is 11.2 Å². The van der Waals surface area contributed by atoms with Crippen LogP contribution < -0.4 is 109 Å². The van der Waals surface area contributed by atoms with Gasteiger partial charge in [-0.2, -0.15) is 0 Å². The molecular formula is C13H16N5Na3O9P2S. The zero-order valence-corrected chi connectivity index (χ0v) is 26.8. The molecule has 0 radical (unpaired) electrons. The Morgan fingerprint density at radius 2 is 1.91 bits per heavy atom. The van der Waals surface area contributed by atoms with E-state index >= 15 is 0 Å². The number of nitrogens with two attached hydrogens (primary N) is 1. The van der Waals surface area contributed by atoms with Crippen LogP contribution in [0.15, 0.2) is 11.5 Å². The van der Waals surface area contributed by atoms with E-state index in [0.717, 1.165) is 0 Å². The van der Waals surface area contributed by atoms with Crippen LogP contribution in [-0.2, 0) is 18.0 Å². The van der Waals surface area contributed by atoms with Gasteiger partial charge in [0.15, 0.2) is 16.6 Å². The molecular weight excluding hydrogens is 533 g/mol. The maximum absolute atomic E-state index is 11.6. The van der Waals surface area contributed by atoms with Crippen LogP contribution in [0.3, 0.4) is 0 Å². The molecule has 0 spiro atoms. The van der Waals surface area contributed by atoms with Crippen LogP contribution in [0.5, 0.6) is 0 Å². The SMILES string of the molecule is CSc1nc(N)c2ncn(C3C(O)C(O)C4(COP(=O)([O-])OP(=O)([O-])[O-])CC34)c2n1.[Na+].[Na+].[Na+]. The second-order valence-corrected chi connectivity index (χ2v) is 10.6. The van der Waals surface area contributed by atoms with Gasteiger partial charge in [-0.05, 0) is 18.6 Å². The second-order valence-electron chi connectivity index (χ2n) is 7.14. The summed E-state index contributed by atoms with van der Waals surface area (Å²) in [6.45, 7) is -0.674. The van der Waals surface area contributed by atoms with Gasteiger partial charge in [-0.15, -0.1) is 0 Å². The van der Waals surface area contributed by atoms with Crippen LogP contribution in [0.2, 0.25) is 0 Å². The number of anilines is 1. The molecule has 2 fully saturated rings. The molecule has 14 nitrogen and oxygen atoms in total.